The number of aryl methyl sites for hydroxylation is 1. The molecule has 0 bridgehead atoms. The van der Waals surface area contributed by atoms with Crippen LogP contribution in [0.15, 0.2) is 42.5 Å². The van der Waals surface area contributed by atoms with E-state index in [2.05, 4.69) is 28.9 Å². The summed E-state index contributed by atoms with van der Waals surface area (Å²) in [7, 11) is 0. The van der Waals surface area contributed by atoms with Gasteiger partial charge in [0.2, 0.25) is 0 Å². The maximum absolute atomic E-state index is 12.5. The normalized spacial score (nSPS) is 11.2. The fraction of sp³-hybridized carbons (Fsp3) is 0.531. The minimum Gasteiger partial charge on any atom is -0.481 e. The molecule has 4 N–H and O–H groups in total. The van der Waals surface area contributed by atoms with Gasteiger partial charge in [-0.15, -0.1) is 0 Å². The lowest BCUT2D eigenvalue weighted by molar-refractivity contribution is -0.136. The molecule has 7 nitrogen and oxygen atoms in total. The van der Waals surface area contributed by atoms with Gasteiger partial charge in [-0.05, 0) is 30.2 Å². The van der Waals surface area contributed by atoms with Crippen LogP contribution in [0.1, 0.15) is 106 Å². The number of fused-ring (bicyclic) bond motifs is 1. The topological polar surface area (TPSA) is 110 Å². The van der Waals surface area contributed by atoms with Crippen LogP contribution in [0.5, 0.6) is 0 Å². The second-order valence-corrected chi connectivity index (χ2v) is 10.5. The highest BCUT2D eigenvalue weighted by atomic mass is 16.4. The number of imidazole rings is 1. The summed E-state index contributed by atoms with van der Waals surface area (Å²) in [5.41, 5.74) is 10.1. The minimum absolute atomic E-state index is 0.0956. The molecular weight excluding hydrogens is 488 g/mol. The zero-order valence-electron chi connectivity index (χ0n) is 23.6. The predicted octanol–water partition coefficient (Wildman–Crippen LogP) is 7.07. The number of unbranched alkanes of at least 4 members (excludes halogenated alkanes) is 11. The van der Waals surface area contributed by atoms with E-state index in [1.807, 2.05) is 18.2 Å². The Morgan fingerprint density at radius 2 is 1.49 bits per heavy atom. The lowest BCUT2D eigenvalue weighted by Gasteiger charge is -2.10. The van der Waals surface area contributed by atoms with Crippen molar-refractivity contribution < 1.29 is 14.7 Å². The Morgan fingerprint density at radius 3 is 2.08 bits per heavy atom. The van der Waals surface area contributed by atoms with Gasteiger partial charge in [0.25, 0.3) is 5.91 Å². The van der Waals surface area contributed by atoms with Gasteiger partial charge in [0.15, 0.2) is 0 Å². The first-order chi connectivity index (χ1) is 19.0. The van der Waals surface area contributed by atoms with Crippen molar-refractivity contribution in [2.75, 3.05) is 6.54 Å². The Morgan fingerprint density at radius 1 is 0.872 bits per heavy atom. The number of hydrogen-bond acceptors (Lipinski definition) is 4. The number of carbonyl (C=O) groups is 2. The van der Waals surface area contributed by atoms with Crippen LogP contribution < -0.4 is 11.1 Å². The monoisotopic (exact) mass is 534 g/mol. The zero-order chi connectivity index (χ0) is 27.9. The molecule has 1 aromatic heterocycles. The van der Waals surface area contributed by atoms with Gasteiger partial charge < -0.3 is 20.7 Å². The number of benzene rings is 2. The molecule has 0 aliphatic carbocycles. The number of aliphatic carboxylic acids is 1. The molecule has 3 rings (SSSR count). The van der Waals surface area contributed by atoms with Crippen molar-refractivity contribution in [1.29, 1.82) is 0 Å². The number of amides is 1. The zero-order valence-corrected chi connectivity index (χ0v) is 23.6. The molecule has 2 aromatic carbocycles. The third-order valence-corrected chi connectivity index (χ3v) is 7.32. The average molecular weight is 535 g/mol. The van der Waals surface area contributed by atoms with E-state index in [-0.39, 0.29) is 18.9 Å². The first kappa shape index (κ1) is 30.4. The molecule has 212 valence electrons. The van der Waals surface area contributed by atoms with Crippen molar-refractivity contribution in [2.45, 2.75) is 103 Å². The lowest BCUT2D eigenvalue weighted by Crippen LogP contribution is -2.25. The number of nitrogens with one attached hydrogen (secondary N) is 1. The number of hydrogen-bond donors (Lipinski definition) is 3. The van der Waals surface area contributed by atoms with E-state index in [4.69, 9.17) is 15.8 Å². The molecular formula is C32H46N4O3. The van der Waals surface area contributed by atoms with E-state index < -0.39 is 5.97 Å². The molecule has 0 unspecified atom stereocenters. The number of rotatable bonds is 19. The third-order valence-electron chi connectivity index (χ3n) is 7.32. The van der Waals surface area contributed by atoms with Crippen LogP contribution in [-0.2, 0) is 17.9 Å². The highest BCUT2D eigenvalue weighted by Crippen LogP contribution is 2.27. The van der Waals surface area contributed by atoms with Crippen LogP contribution in [0, 0.1) is 0 Å². The second-order valence-electron chi connectivity index (χ2n) is 10.5. The van der Waals surface area contributed by atoms with Crippen LogP contribution in [0.25, 0.3) is 22.4 Å². The number of carbonyl (C=O) groups excluding carboxylic acids is 1. The smallest absolute Gasteiger partial charge is 0.305 e. The van der Waals surface area contributed by atoms with Crippen molar-refractivity contribution in [3.8, 4) is 11.4 Å². The maximum Gasteiger partial charge on any atom is 0.305 e. The SMILES string of the molecule is CCCCCCCCCCCCCCn1c(-c2ccc(CN)cc2)nc2cc(C(=O)NCCC(=O)O)ccc21. The van der Waals surface area contributed by atoms with Gasteiger partial charge in [0.05, 0.1) is 17.5 Å². The van der Waals surface area contributed by atoms with Crippen molar-refractivity contribution in [1.82, 2.24) is 14.9 Å². The quantitative estimate of drug-likeness (QED) is 0.143. The second kappa shape index (κ2) is 16.7. The molecule has 0 radical (unpaired) electrons. The Balaban J connectivity index is 1.61. The molecule has 0 aliphatic heterocycles. The van der Waals surface area contributed by atoms with Crippen molar-refractivity contribution in [3.63, 3.8) is 0 Å². The molecule has 7 heteroatoms. The first-order valence-electron chi connectivity index (χ1n) is 14.8. The Kier molecular flexibility index (Phi) is 13.0. The molecule has 0 saturated heterocycles. The fourth-order valence-electron chi connectivity index (χ4n) is 5.00. The predicted molar refractivity (Wildman–Crippen MR) is 159 cm³/mol. The van der Waals surface area contributed by atoms with E-state index in [0.717, 1.165) is 41.0 Å². The summed E-state index contributed by atoms with van der Waals surface area (Å²) in [4.78, 5) is 28.2. The molecule has 0 atom stereocenters. The molecule has 0 spiro atoms. The van der Waals surface area contributed by atoms with Gasteiger partial charge in [-0.1, -0.05) is 102 Å². The summed E-state index contributed by atoms with van der Waals surface area (Å²) in [5.74, 6) is -0.338. The first-order valence-corrected chi connectivity index (χ1v) is 14.8. The van der Waals surface area contributed by atoms with Crippen LogP contribution in [0.4, 0.5) is 0 Å². The molecule has 1 amide bonds. The van der Waals surface area contributed by atoms with Crippen LogP contribution in [-0.4, -0.2) is 33.1 Å². The number of aromatic nitrogens is 2. The minimum atomic E-state index is -0.937. The number of nitrogens with two attached hydrogens (primary N) is 1. The lowest BCUT2D eigenvalue weighted by atomic mass is 10.1. The number of carboxylic acid groups (broad SMARTS) is 1. The Bertz CT molecular complexity index is 1170. The summed E-state index contributed by atoms with van der Waals surface area (Å²) in [6.45, 7) is 3.72. The molecule has 39 heavy (non-hydrogen) atoms. The largest absolute Gasteiger partial charge is 0.481 e. The summed E-state index contributed by atoms with van der Waals surface area (Å²) >= 11 is 0. The van der Waals surface area contributed by atoms with E-state index >= 15 is 0 Å². The maximum atomic E-state index is 12.5. The van der Waals surface area contributed by atoms with Gasteiger partial charge in [0.1, 0.15) is 5.82 Å². The van der Waals surface area contributed by atoms with E-state index in [1.54, 1.807) is 12.1 Å². The summed E-state index contributed by atoms with van der Waals surface area (Å²) < 4.78 is 2.26. The average Bonchev–Trinajstić information content (AvgIpc) is 3.31. The van der Waals surface area contributed by atoms with Gasteiger partial charge >= 0.3 is 5.97 Å². The van der Waals surface area contributed by atoms with Gasteiger partial charge in [-0.3, -0.25) is 9.59 Å². The van der Waals surface area contributed by atoms with Crippen LogP contribution >= 0.6 is 0 Å². The van der Waals surface area contributed by atoms with Gasteiger partial charge in [-0.25, -0.2) is 4.98 Å². The molecule has 0 fully saturated rings. The van der Waals surface area contributed by atoms with Gasteiger partial charge in [0, 0.05) is 30.8 Å². The molecule has 0 aliphatic rings. The molecule has 1 heterocycles. The van der Waals surface area contributed by atoms with Gasteiger partial charge in [-0.2, -0.15) is 0 Å². The Hall–Kier alpha value is -3.19. The van der Waals surface area contributed by atoms with Crippen molar-refractivity contribution in [2.24, 2.45) is 5.73 Å². The van der Waals surface area contributed by atoms with Crippen LogP contribution in [0.3, 0.4) is 0 Å². The fourth-order valence-corrected chi connectivity index (χ4v) is 5.00. The third kappa shape index (κ3) is 9.81. The van der Waals surface area contributed by atoms with Crippen molar-refractivity contribution >= 4 is 22.9 Å². The molecule has 0 saturated carbocycles. The molecule has 3 aromatic rings. The van der Waals surface area contributed by atoms with E-state index in [9.17, 15) is 9.59 Å². The van der Waals surface area contributed by atoms with E-state index in [1.165, 1.54) is 70.6 Å². The highest BCUT2D eigenvalue weighted by molar-refractivity contribution is 5.98. The summed E-state index contributed by atoms with van der Waals surface area (Å²) in [5, 5.41) is 11.5. The number of nitrogens with zero attached hydrogens (tertiary/aromatic N) is 2. The standard InChI is InChI=1S/C32H46N4O3/c1-2-3-4-5-6-7-8-9-10-11-12-13-22-36-29-19-18-27(32(39)34-21-20-30(37)38)23-28(29)35-31(36)26-16-14-25(24-33)15-17-26/h14-19,23H,2-13,20-22,24,33H2,1H3,(H,34,39)(H,37,38). The Labute approximate surface area is 233 Å². The summed E-state index contributed by atoms with van der Waals surface area (Å²) in [6, 6.07) is 13.7. The van der Waals surface area contributed by atoms with Crippen LogP contribution in [0.2, 0.25) is 0 Å². The summed E-state index contributed by atoms with van der Waals surface area (Å²) in [6.07, 6.45) is 15.6. The van der Waals surface area contributed by atoms with Crippen molar-refractivity contribution in [3.05, 3.63) is 53.6 Å². The highest BCUT2D eigenvalue weighted by Gasteiger charge is 2.15. The number of carboxylic acids is 1. The van der Waals surface area contributed by atoms with E-state index in [0.29, 0.717) is 12.1 Å².